The molecule has 1 amide bonds. The Kier molecular flexibility index (Phi) is 5.15. The predicted molar refractivity (Wildman–Crippen MR) is 53.0 cm³/mol. The lowest BCUT2D eigenvalue weighted by Gasteiger charge is -2.22. The number of aliphatic carboxylic acids is 1. The number of carboxylic acids is 1. The number of carbonyl (C=O) groups is 2. The number of likely N-dealkylation sites (N-methyl/N-ethyl adjacent to an activating group) is 1. The lowest BCUT2D eigenvalue weighted by molar-refractivity contribution is -0.139. The van der Waals surface area contributed by atoms with Crippen LogP contribution in [0, 0.1) is 0 Å². The van der Waals surface area contributed by atoms with Gasteiger partial charge in [-0.1, -0.05) is 0 Å². The lowest BCUT2D eigenvalue weighted by Crippen LogP contribution is -2.44. The van der Waals surface area contributed by atoms with Crippen LogP contribution in [-0.2, 0) is 9.59 Å². The molecule has 0 fully saturated rings. The van der Waals surface area contributed by atoms with Crippen LogP contribution in [0.5, 0.6) is 0 Å². The largest absolute Gasteiger partial charge is 0.480 e. The van der Waals surface area contributed by atoms with E-state index in [4.69, 9.17) is 5.11 Å². The van der Waals surface area contributed by atoms with Gasteiger partial charge in [-0.3, -0.25) is 14.9 Å². The van der Waals surface area contributed by atoms with Crippen molar-refractivity contribution in [3.8, 4) is 0 Å². The molecule has 0 rings (SSSR count). The molecule has 0 aromatic heterocycles. The van der Waals surface area contributed by atoms with E-state index in [2.05, 4.69) is 5.32 Å². The highest BCUT2D eigenvalue weighted by Crippen LogP contribution is 1.93. The summed E-state index contributed by atoms with van der Waals surface area (Å²) in [6.45, 7) is 5.37. The summed E-state index contributed by atoms with van der Waals surface area (Å²) in [6, 6.07) is -0.566. The van der Waals surface area contributed by atoms with Gasteiger partial charge in [0.1, 0.15) is 6.04 Å². The van der Waals surface area contributed by atoms with Gasteiger partial charge in [0.25, 0.3) is 0 Å². The molecule has 0 saturated carbocycles. The van der Waals surface area contributed by atoms with Gasteiger partial charge in [0.2, 0.25) is 5.91 Å². The standard InChI is InChI=1S/C9H18N2O3/c1-6(2)11(4)8(12)5-10-7(3)9(13)14/h6-7,10H,5H2,1-4H3,(H,13,14)/t7-/m1/s1. The molecule has 1 atom stereocenters. The predicted octanol–water partition coefficient (Wildman–Crippen LogP) is -0.0841. The van der Waals surface area contributed by atoms with E-state index in [-0.39, 0.29) is 18.5 Å². The molecule has 82 valence electrons. The van der Waals surface area contributed by atoms with E-state index in [1.54, 1.807) is 11.9 Å². The minimum atomic E-state index is -0.954. The fourth-order valence-corrected chi connectivity index (χ4v) is 0.740. The minimum absolute atomic E-state index is 0.0577. The summed E-state index contributed by atoms with van der Waals surface area (Å²) in [5.74, 6) is -1.06. The maximum atomic E-state index is 11.4. The van der Waals surface area contributed by atoms with Gasteiger partial charge < -0.3 is 10.0 Å². The number of nitrogens with one attached hydrogen (secondary N) is 1. The summed E-state index contributed by atoms with van der Waals surface area (Å²) in [7, 11) is 1.69. The molecule has 2 N–H and O–H groups in total. The zero-order valence-electron chi connectivity index (χ0n) is 9.07. The van der Waals surface area contributed by atoms with Gasteiger partial charge in [0.15, 0.2) is 0 Å². The van der Waals surface area contributed by atoms with Gasteiger partial charge in [-0.2, -0.15) is 0 Å². The molecule has 0 saturated heterocycles. The first kappa shape index (κ1) is 12.9. The highest BCUT2D eigenvalue weighted by atomic mass is 16.4. The summed E-state index contributed by atoms with van der Waals surface area (Å²) in [5, 5.41) is 11.2. The van der Waals surface area contributed by atoms with E-state index in [0.29, 0.717) is 0 Å². The van der Waals surface area contributed by atoms with E-state index >= 15 is 0 Å². The first-order valence-corrected chi connectivity index (χ1v) is 4.58. The van der Waals surface area contributed by atoms with Gasteiger partial charge in [-0.15, -0.1) is 0 Å². The fraction of sp³-hybridized carbons (Fsp3) is 0.778. The number of rotatable bonds is 5. The molecule has 0 radical (unpaired) electrons. The van der Waals surface area contributed by atoms with E-state index < -0.39 is 12.0 Å². The monoisotopic (exact) mass is 202 g/mol. The Balaban J connectivity index is 3.91. The Morgan fingerprint density at radius 2 is 1.86 bits per heavy atom. The molecule has 0 aliphatic rings. The molecular weight excluding hydrogens is 184 g/mol. The molecule has 5 nitrogen and oxygen atoms in total. The number of carboxylic acid groups (broad SMARTS) is 1. The van der Waals surface area contributed by atoms with Gasteiger partial charge in [0.05, 0.1) is 6.54 Å². The molecule has 0 aliphatic carbocycles. The third-order valence-electron chi connectivity index (χ3n) is 2.10. The minimum Gasteiger partial charge on any atom is -0.480 e. The second-order valence-electron chi connectivity index (χ2n) is 3.54. The number of hydrogen-bond donors (Lipinski definition) is 2. The topological polar surface area (TPSA) is 69.6 Å². The van der Waals surface area contributed by atoms with Crippen molar-refractivity contribution in [2.24, 2.45) is 0 Å². The van der Waals surface area contributed by atoms with Crippen LogP contribution >= 0.6 is 0 Å². The third kappa shape index (κ3) is 4.23. The summed E-state index contributed by atoms with van der Waals surface area (Å²) < 4.78 is 0. The van der Waals surface area contributed by atoms with Crippen LogP contribution in [0.4, 0.5) is 0 Å². The van der Waals surface area contributed by atoms with E-state index in [9.17, 15) is 9.59 Å². The first-order chi connectivity index (χ1) is 6.36. The summed E-state index contributed by atoms with van der Waals surface area (Å²) in [5.41, 5.74) is 0. The molecule has 0 bridgehead atoms. The van der Waals surface area contributed by atoms with Crippen LogP contribution in [0.2, 0.25) is 0 Å². The van der Waals surface area contributed by atoms with Crippen LogP contribution in [0.3, 0.4) is 0 Å². The Labute approximate surface area is 84.1 Å². The average molecular weight is 202 g/mol. The van der Waals surface area contributed by atoms with Crippen molar-refractivity contribution in [1.82, 2.24) is 10.2 Å². The molecule has 0 spiro atoms. The average Bonchev–Trinajstić information content (AvgIpc) is 2.11. The van der Waals surface area contributed by atoms with Crippen molar-refractivity contribution < 1.29 is 14.7 Å². The van der Waals surface area contributed by atoms with Crippen molar-refractivity contribution in [1.29, 1.82) is 0 Å². The third-order valence-corrected chi connectivity index (χ3v) is 2.10. The summed E-state index contributed by atoms with van der Waals surface area (Å²) in [4.78, 5) is 23.4. The molecule has 0 unspecified atom stereocenters. The van der Waals surface area contributed by atoms with Crippen LogP contribution in [0.15, 0.2) is 0 Å². The highest BCUT2D eigenvalue weighted by molar-refractivity contribution is 5.79. The Bertz CT molecular complexity index is 216. The lowest BCUT2D eigenvalue weighted by atomic mass is 10.3. The Morgan fingerprint density at radius 3 is 2.21 bits per heavy atom. The zero-order valence-corrected chi connectivity index (χ0v) is 9.07. The number of carbonyl (C=O) groups excluding carboxylic acids is 1. The highest BCUT2D eigenvalue weighted by Gasteiger charge is 2.15. The first-order valence-electron chi connectivity index (χ1n) is 4.58. The molecule has 5 heteroatoms. The Hall–Kier alpha value is -1.10. The van der Waals surface area contributed by atoms with Crippen LogP contribution < -0.4 is 5.32 Å². The van der Waals surface area contributed by atoms with Crippen molar-refractivity contribution >= 4 is 11.9 Å². The van der Waals surface area contributed by atoms with E-state index in [1.165, 1.54) is 6.92 Å². The quantitative estimate of drug-likeness (QED) is 0.654. The molecule has 0 heterocycles. The smallest absolute Gasteiger partial charge is 0.320 e. The van der Waals surface area contributed by atoms with E-state index in [1.807, 2.05) is 13.8 Å². The van der Waals surface area contributed by atoms with Gasteiger partial charge in [-0.25, -0.2) is 0 Å². The molecule has 0 aromatic carbocycles. The number of hydrogen-bond acceptors (Lipinski definition) is 3. The zero-order chi connectivity index (χ0) is 11.3. The SMILES string of the molecule is CC(C)N(C)C(=O)CN[C@H](C)C(=O)O. The normalized spacial score (nSPS) is 12.6. The summed E-state index contributed by atoms with van der Waals surface area (Å²) in [6.07, 6.45) is 0. The van der Waals surface area contributed by atoms with Crippen LogP contribution in [0.1, 0.15) is 20.8 Å². The van der Waals surface area contributed by atoms with Crippen LogP contribution in [0.25, 0.3) is 0 Å². The van der Waals surface area contributed by atoms with Gasteiger partial charge >= 0.3 is 5.97 Å². The molecular formula is C9H18N2O3. The van der Waals surface area contributed by atoms with E-state index in [0.717, 1.165) is 0 Å². The second-order valence-corrected chi connectivity index (χ2v) is 3.54. The second kappa shape index (κ2) is 5.59. The maximum Gasteiger partial charge on any atom is 0.320 e. The van der Waals surface area contributed by atoms with Crippen LogP contribution in [-0.4, -0.2) is 47.6 Å². The fourth-order valence-electron chi connectivity index (χ4n) is 0.740. The number of nitrogens with zero attached hydrogens (tertiary/aromatic N) is 1. The maximum absolute atomic E-state index is 11.4. The van der Waals surface area contributed by atoms with Crippen molar-refractivity contribution in [2.45, 2.75) is 32.9 Å². The van der Waals surface area contributed by atoms with Crippen molar-refractivity contribution in [3.05, 3.63) is 0 Å². The number of amides is 1. The van der Waals surface area contributed by atoms with Crippen molar-refractivity contribution in [3.63, 3.8) is 0 Å². The Morgan fingerprint density at radius 1 is 1.36 bits per heavy atom. The molecule has 0 aromatic rings. The molecule has 14 heavy (non-hydrogen) atoms. The van der Waals surface area contributed by atoms with Crippen molar-refractivity contribution in [2.75, 3.05) is 13.6 Å². The van der Waals surface area contributed by atoms with Gasteiger partial charge in [-0.05, 0) is 20.8 Å². The van der Waals surface area contributed by atoms with Gasteiger partial charge in [0, 0.05) is 13.1 Å². The summed E-state index contributed by atoms with van der Waals surface area (Å²) >= 11 is 0. The molecule has 0 aliphatic heterocycles.